The summed E-state index contributed by atoms with van der Waals surface area (Å²) in [6.45, 7) is 3.69. The van der Waals surface area contributed by atoms with Gasteiger partial charge in [0.2, 0.25) is 0 Å². The number of carbonyl (C=O) groups is 1. The molecule has 0 radical (unpaired) electrons. The van der Waals surface area contributed by atoms with Crippen molar-refractivity contribution >= 4 is 5.97 Å². The van der Waals surface area contributed by atoms with Gasteiger partial charge in [0.1, 0.15) is 5.75 Å². The largest absolute Gasteiger partial charge is 0.494 e. The molecule has 1 aromatic rings. The lowest BCUT2D eigenvalue weighted by Gasteiger charge is -2.49. The van der Waals surface area contributed by atoms with Crippen molar-refractivity contribution in [2.24, 2.45) is 16.7 Å². The summed E-state index contributed by atoms with van der Waals surface area (Å²) in [6.07, 6.45) is 12.2. The average molecular weight is 384 g/mol. The summed E-state index contributed by atoms with van der Waals surface area (Å²) in [5, 5.41) is 9.42. The SMILES string of the molecule is O=C(O)C1(CN2CC3(Cc4ccc(OCCC5CCCCC5)cc4C3)C2)CC1. The number of carboxylic acid groups (broad SMARTS) is 1. The maximum Gasteiger partial charge on any atom is 0.310 e. The van der Waals surface area contributed by atoms with Gasteiger partial charge >= 0.3 is 5.97 Å². The smallest absolute Gasteiger partial charge is 0.310 e. The lowest BCUT2D eigenvalue weighted by Crippen LogP contribution is -2.58. The van der Waals surface area contributed by atoms with Crippen molar-refractivity contribution in [2.45, 2.75) is 64.2 Å². The van der Waals surface area contributed by atoms with Gasteiger partial charge in [-0.15, -0.1) is 0 Å². The molecule has 3 aliphatic carbocycles. The number of nitrogens with zero attached hydrogens (tertiary/aromatic N) is 1. The van der Waals surface area contributed by atoms with Gasteiger partial charge in [-0.2, -0.15) is 0 Å². The number of hydrogen-bond acceptors (Lipinski definition) is 3. The van der Waals surface area contributed by atoms with Crippen LogP contribution in [0.15, 0.2) is 18.2 Å². The van der Waals surface area contributed by atoms with Crippen molar-refractivity contribution in [3.63, 3.8) is 0 Å². The minimum absolute atomic E-state index is 0.345. The Kier molecular flexibility index (Phi) is 4.65. The van der Waals surface area contributed by atoms with Crippen LogP contribution in [0.5, 0.6) is 5.75 Å². The van der Waals surface area contributed by atoms with Gasteiger partial charge in [0.25, 0.3) is 0 Å². The van der Waals surface area contributed by atoms with Crippen LogP contribution in [0.1, 0.15) is 62.5 Å². The Morgan fingerprint density at radius 1 is 1.11 bits per heavy atom. The van der Waals surface area contributed by atoms with E-state index < -0.39 is 11.4 Å². The van der Waals surface area contributed by atoms with Crippen LogP contribution in [0.4, 0.5) is 0 Å². The van der Waals surface area contributed by atoms with E-state index in [0.29, 0.717) is 5.41 Å². The predicted molar refractivity (Wildman–Crippen MR) is 109 cm³/mol. The van der Waals surface area contributed by atoms with E-state index in [-0.39, 0.29) is 0 Å². The second kappa shape index (κ2) is 7.05. The first-order valence-corrected chi connectivity index (χ1v) is 11.3. The van der Waals surface area contributed by atoms with Crippen LogP contribution in [-0.4, -0.2) is 42.2 Å². The van der Waals surface area contributed by atoms with Crippen LogP contribution < -0.4 is 4.74 Å². The number of fused-ring (bicyclic) bond motifs is 1. The van der Waals surface area contributed by atoms with Crippen LogP contribution in [0.25, 0.3) is 0 Å². The summed E-state index contributed by atoms with van der Waals surface area (Å²) in [7, 11) is 0. The summed E-state index contributed by atoms with van der Waals surface area (Å²) in [4.78, 5) is 13.8. The maximum absolute atomic E-state index is 11.4. The van der Waals surface area contributed by atoms with E-state index in [4.69, 9.17) is 4.74 Å². The number of benzene rings is 1. The highest BCUT2D eigenvalue weighted by Crippen LogP contribution is 2.51. The van der Waals surface area contributed by atoms with Crippen molar-refractivity contribution < 1.29 is 14.6 Å². The molecule has 4 heteroatoms. The molecule has 4 aliphatic rings. The normalized spacial score (nSPS) is 25.3. The van der Waals surface area contributed by atoms with Crippen LogP contribution in [0.2, 0.25) is 0 Å². The summed E-state index contributed by atoms with van der Waals surface area (Å²) >= 11 is 0. The minimum atomic E-state index is -0.599. The van der Waals surface area contributed by atoms with E-state index in [1.54, 1.807) is 0 Å². The predicted octanol–water partition coefficient (Wildman–Crippen LogP) is 4.30. The Balaban J connectivity index is 1.12. The number of rotatable bonds is 7. The molecular formula is C24H33NO3. The zero-order valence-electron chi connectivity index (χ0n) is 16.9. The number of aliphatic carboxylic acids is 1. The molecule has 0 amide bonds. The lowest BCUT2D eigenvalue weighted by atomic mass is 9.76. The van der Waals surface area contributed by atoms with Gasteiger partial charge in [0, 0.05) is 25.0 Å². The molecule has 1 spiro atoms. The van der Waals surface area contributed by atoms with Gasteiger partial charge in [0.15, 0.2) is 0 Å². The third-order valence-corrected chi connectivity index (χ3v) is 7.78. The highest BCUT2D eigenvalue weighted by Gasteiger charge is 2.55. The molecule has 0 aromatic heterocycles. The molecule has 0 bridgehead atoms. The maximum atomic E-state index is 11.4. The molecule has 1 aliphatic heterocycles. The third kappa shape index (κ3) is 3.56. The van der Waals surface area contributed by atoms with Crippen molar-refractivity contribution in [2.75, 3.05) is 26.2 Å². The first-order chi connectivity index (χ1) is 13.6. The van der Waals surface area contributed by atoms with Crippen molar-refractivity contribution in [3.05, 3.63) is 29.3 Å². The van der Waals surface area contributed by atoms with Gasteiger partial charge in [0.05, 0.1) is 12.0 Å². The van der Waals surface area contributed by atoms with E-state index in [9.17, 15) is 9.90 Å². The highest BCUT2D eigenvalue weighted by atomic mass is 16.5. The lowest BCUT2D eigenvalue weighted by molar-refractivity contribution is -0.145. The molecule has 1 saturated heterocycles. The third-order valence-electron chi connectivity index (χ3n) is 7.78. The number of ether oxygens (including phenoxy) is 1. The van der Waals surface area contributed by atoms with Gasteiger partial charge in [-0.05, 0) is 61.3 Å². The molecule has 2 saturated carbocycles. The van der Waals surface area contributed by atoms with Gasteiger partial charge in [-0.25, -0.2) is 0 Å². The van der Waals surface area contributed by atoms with Crippen molar-refractivity contribution in [1.29, 1.82) is 0 Å². The Hall–Kier alpha value is -1.55. The molecule has 1 aromatic carbocycles. The molecular weight excluding hydrogens is 350 g/mol. The zero-order valence-corrected chi connectivity index (χ0v) is 16.9. The summed E-state index contributed by atoms with van der Waals surface area (Å²) in [6, 6.07) is 6.69. The van der Waals surface area contributed by atoms with E-state index in [1.807, 2.05) is 0 Å². The highest BCUT2D eigenvalue weighted by molar-refractivity contribution is 5.78. The van der Waals surface area contributed by atoms with E-state index >= 15 is 0 Å². The van der Waals surface area contributed by atoms with Crippen molar-refractivity contribution in [3.8, 4) is 5.75 Å². The fourth-order valence-corrected chi connectivity index (χ4v) is 5.98. The number of likely N-dealkylation sites (tertiary alicyclic amines) is 1. The molecule has 28 heavy (non-hydrogen) atoms. The Morgan fingerprint density at radius 2 is 1.86 bits per heavy atom. The molecule has 5 rings (SSSR count). The fourth-order valence-electron chi connectivity index (χ4n) is 5.98. The minimum Gasteiger partial charge on any atom is -0.494 e. The molecule has 3 fully saturated rings. The van der Waals surface area contributed by atoms with Crippen LogP contribution >= 0.6 is 0 Å². The Morgan fingerprint density at radius 3 is 2.57 bits per heavy atom. The molecule has 1 heterocycles. The Bertz CT molecular complexity index is 742. The van der Waals surface area contributed by atoms with Crippen LogP contribution in [0, 0.1) is 16.7 Å². The molecule has 152 valence electrons. The van der Waals surface area contributed by atoms with Crippen molar-refractivity contribution in [1.82, 2.24) is 4.90 Å². The monoisotopic (exact) mass is 383 g/mol. The van der Waals surface area contributed by atoms with Gasteiger partial charge in [-0.3, -0.25) is 4.79 Å². The molecule has 1 N–H and O–H groups in total. The second-order valence-electron chi connectivity index (χ2n) is 10.2. The standard InChI is InChI=1S/C24H33NO3/c26-22(27)24(9-10-24)17-25-15-23(16-25)13-19-6-7-21(12-20(19)14-23)28-11-8-18-4-2-1-3-5-18/h6-7,12,18H,1-5,8-11,13-17H2,(H,26,27). The van der Waals surface area contributed by atoms with Gasteiger partial charge in [-0.1, -0.05) is 38.2 Å². The number of carboxylic acids is 1. The first kappa shape index (κ1) is 18.5. The van der Waals surface area contributed by atoms with Crippen LogP contribution in [0.3, 0.4) is 0 Å². The van der Waals surface area contributed by atoms with Crippen LogP contribution in [-0.2, 0) is 17.6 Å². The fraction of sp³-hybridized carbons (Fsp3) is 0.708. The van der Waals surface area contributed by atoms with E-state index in [0.717, 1.165) is 63.6 Å². The summed E-state index contributed by atoms with van der Waals surface area (Å²) < 4.78 is 6.10. The second-order valence-corrected chi connectivity index (χ2v) is 10.2. The van der Waals surface area contributed by atoms with Gasteiger partial charge < -0.3 is 14.7 Å². The quantitative estimate of drug-likeness (QED) is 0.763. The van der Waals surface area contributed by atoms with E-state index in [1.165, 1.54) is 49.7 Å². The molecule has 0 atom stereocenters. The first-order valence-electron chi connectivity index (χ1n) is 11.3. The summed E-state index contributed by atoms with van der Waals surface area (Å²) in [5.41, 5.74) is 2.84. The topological polar surface area (TPSA) is 49.8 Å². The van der Waals surface area contributed by atoms with E-state index in [2.05, 4.69) is 23.1 Å². The zero-order chi connectivity index (χ0) is 19.2. The average Bonchev–Trinajstić information content (AvgIpc) is 3.35. The molecule has 4 nitrogen and oxygen atoms in total. The number of hydrogen-bond donors (Lipinski definition) is 1. The Labute approximate surface area is 168 Å². The summed E-state index contributed by atoms with van der Waals surface area (Å²) in [5.74, 6) is 1.30. The molecule has 0 unspecified atom stereocenters.